The Morgan fingerprint density at radius 1 is 1.40 bits per heavy atom. The monoisotopic (exact) mass is 285 g/mol. The van der Waals surface area contributed by atoms with Gasteiger partial charge in [-0.15, -0.1) is 0 Å². The number of aliphatic carboxylic acids is 2. The number of nitrogens with one attached hydrogen (secondary N) is 2. The smallest absolute Gasteiger partial charge is 0.326 e. The zero-order chi connectivity index (χ0) is 15.3. The van der Waals surface area contributed by atoms with Gasteiger partial charge in [0.15, 0.2) is 0 Å². The number of carbonyl (C=O) groups is 3. The molecule has 0 bridgehead atoms. The molecule has 1 heterocycles. The molecule has 0 saturated heterocycles. The van der Waals surface area contributed by atoms with E-state index in [1.54, 1.807) is 0 Å². The maximum absolute atomic E-state index is 11.7. The molecule has 108 valence electrons. The molecule has 0 aliphatic heterocycles. The van der Waals surface area contributed by atoms with Crippen molar-refractivity contribution in [3.05, 3.63) is 28.1 Å². The van der Waals surface area contributed by atoms with Crippen LogP contribution in [0.5, 0.6) is 0 Å². The lowest BCUT2D eigenvalue weighted by atomic mass is 10.1. The van der Waals surface area contributed by atoms with Crippen molar-refractivity contribution in [2.24, 2.45) is 0 Å². The topological polar surface area (TPSA) is 163 Å². The van der Waals surface area contributed by atoms with Gasteiger partial charge >= 0.3 is 11.9 Å². The van der Waals surface area contributed by atoms with Crippen molar-refractivity contribution in [1.82, 2.24) is 10.3 Å². The quantitative estimate of drug-likeness (QED) is 0.403. The minimum Gasteiger partial charge on any atom is -0.481 e. The van der Waals surface area contributed by atoms with E-state index in [-0.39, 0.29) is 17.8 Å². The van der Waals surface area contributed by atoms with Crippen molar-refractivity contribution in [2.75, 3.05) is 0 Å². The van der Waals surface area contributed by atoms with Crippen LogP contribution in [-0.4, -0.2) is 44.0 Å². The van der Waals surface area contributed by atoms with Crippen LogP contribution in [-0.2, 0) is 9.59 Å². The van der Waals surface area contributed by atoms with E-state index in [1.165, 1.54) is 0 Å². The average Bonchev–Trinajstić information content (AvgIpc) is 2.83. The minimum absolute atomic E-state index is 0.182. The van der Waals surface area contributed by atoms with Gasteiger partial charge < -0.3 is 20.5 Å². The standard InChI is InChI=1S/C10H11N3O7/c14-8(15)2-1-6(10(17)18)12-9(16)7-3-5(4-11-7)13(19)20/h3-4,6,11H,1-2H2,(H,12,16)(H,14,15)(H,17,18)/t6-/m0/s1. The zero-order valence-electron chi connectivity index (χ0n) is 10.0. The van der Waals surface area contributed by atoms with Crippen LogP contribution in [0.2, 0.25) is 0 Å². The summed E-state index contributed by atoms with van der Waals surface area (Å²) in [5.74, 6) is -3.45. The highest BCUT2D eigenvalue weighted by atomic mass is 16.6. The fourth-order valence-electron chi connectivity index (χ4n) is 1.38. The Hall–Kier alpha value is -2.91. The number of amides is 1. The van der Waals surface area contributed by atoms with E-state index >= 15 is 0 Å². The van der Waals surface area contributed by atoms with Crippen molar-refractivity contribution in [2.45, 2.75) is 18.9 Å². The maximum atomic E-state index is 11.7. The molecule has 1 aromatic heterocycles. The molecule has 1 atom stereocenters. The molecule has 1 aromatic rings. The summed E-state index contributed by atoms with van der Waals surface area (Å²) in [6, 6.07) is -0.438. The van der Waals surface area contributed by atoms with Crippen molar-refractivity contribution in [3.63, 3.8) is 0 Å². The second kappa shape index (κ2) is 6.31. The summed E-state index contributed by atoms with van der Waals surface area (Å²) in [5.41, 5.74) is -0.522. The van der Waals surface area contributed by atoms with E-state index in [0.717, 1.165) is 12.3 Å². The lowest BCUT2D eigenvalue weighted by Gasteiger charge is -2.12. The predicted octanol–water partition coefficient (Wildman–Crippen LogP) is -0.0293. The Bertz CT molecular complexity index is 551. The van der Waals surface area contributed by atoms with E-state index in [1.807, 2.05) is 0 Å². The molecule has 0 radical (unpaired) electrons. The number of carboxylic acids is 2. The number of H-pyrrole nitrogens is 1. The van der Waals surface area contributed by atoms with Gasteiger partial charge in [0.05, 0.1) is 11.1 Å². The van der Waals surface area contributed by atoms with E-state index in [4.69, 9.17) is 10.2 Å². The van der Waals surface area contributed by atoms with Crippen molar-refractivity contribution < 1.29 is 29.5 Å². The third-order valence-electron chi connectivity index (χ3n) is 2.37. The third kappa shape index (κ3) is 4.08. The molecule has 4 N–H and O–H groups in total. The van der Waals surface area contributed by atoms with E-state index < -0.39 is 35.2 Å². The number of carbonyl (C=O) groups excluding carboxylic acids is 1. The molecule has 0 aromatic carbocycles. The Morgan fingerprint density at radius 3 is 2.50 bits per heavy atom. The molecule has 1 rings (SSSR count). The lowest BCUT2D eigenvalue weighted by Crippen LogP contribution is -2.41. The first-order valence-corrected chi connectivity index (χ1v) is 5.39. The summed E-state index contributed by atoms with van der Waals surface area (Å²) in [4.78, 5) is 45.0. The molecule has 0 fully saturated rings. The molecule has 0 aliphatic rings. The molecule has 0 spiro atoms. The molecule has 0 unspecified atom stereocenters. The SMILES string of the molecule is O=C(O)CC[C@H](NC(=O)c1cc([N+](=O)[O-])c[nH]1)C(=O)O. The average molecular weight is 285 g/mol. The first-order chi connectivity index (χ1) is 9.31. The van der Waals surface area contributed by atoms with Gasteiger partial charge in [-0.25, -0.2) is 4.79 Å². The number of rotatable bonds is 7. The highest BCUT2D eigenvalue weighted by Crippen LogP contribution is 2.12. The number of aromatic amines is 1. The minimum atomic E-state index is -1.39. The summed E-state index contributed by atoms with van der Waals surface area (Å²) in [6.07, 6.45) is 0.267. The number of hydrogen-bond acceptors (Lipinski definition) is 5. The highest BCUT2D eigenvalue weighted by Gasteiger charge is 2.23. The normalized spacial score (nSPS) is 11.6. The Labute approximate surface area is 111 Å². The van der Waals surface area contributed by atoms with Gasteiger partial charge in [-0.05, 0) is 6.42 Å². The summed E-state index contributed by atoms with van der Waals surface area (Å²) in [6.45, 7) is 0. The molecular formula is C10H11N3O7. The first kappa shape index (κ1) is 15.1. The van der Waals surface area contributed by atoms with Gasteiger partial charge in [0, 0.05) is 12.5 Å². The molecule has 10 heteroatoms. The van der Waals surface area contributed by atoms with Gasteiger partial charge in [-0.1, -0.05) is 0 Å². The van der Waals surface area contributed by atoms with Crippen LogP contribution in [0, 0.1) is 10.1 Å². The van der Waals surface area contributed by atoms with Crippen LogP contribution in [0.4, 0.5) is 5.69 Å². The molecule has 0 aliphatic carbocycles. The number of aromatic nitrogens is 1. The Kier molecular flexibility index (Phi) is 4.78. The molecule has 20 heavy (non-hydrogen) atoms. The van der Waals surface area contributed by atoms with Crippen LogP contribution < -0.4 is 5.32 Å². The summed E-state index contributed by atoms with van der Waals surface area (Å²) < 4.78 is 0. The van der Waals surface area contributed by atoms with Gasteiger partial charge in [-0.3, -0.25) is 19.7 Å². The maximum Gasteiger partial charge on any atom is 0.326 e. The van der Waals surface area contributed by atoms with Crippen molar-refractivity contribution in [1.29, 1.82) is 0 Å². The second-order valence-electron chi connectivity index (χ2n) is 3.83. The zero-order valence-corrected chi connectivity index (χ0v) is 10.0. The van der Waals surface area contributed by atoms with Crippen LogP contribution in [0.3, 0.4) is 0 Å². The summed E-state index contributed by atoms with van der Waals surface area (Å²) in [5, 5.41) is 29.8. The van der Waals surface area contributed by atoms with E-state index in [2.05, 4.69) is 10.3 Å². The number of nitro groups is 1. The first-order valence-electron chi connectivity index (χ1n) is 5.39. The van der Waals surface area contributed by atoms with Crippen molar-refractivity contribution in [3.8, 4) is 0 Å². The lowest BCUT2D eigenvalue weighted by molar-refractivity contribution is -0.384. The fraction of sp³-hybridized carbons (Fsp3) is 0.300. The summed E-state index contributed by atoms with van der Waals surface area (Å²) in [7, 11) is 0. The number of hydrogen-bond donors (Lipinski definition) is 4. The number of nitrogens with zero attached hydrogens (tertiary/aromatic N) is 1. The Balaban J connectivity index is 2.72. The highest BCUT2D eigenvalue weighted by molar-refractivity contribution is 5.95. The van der Waals surface area contributed by atoms with Crippen molar-refractivity contribution >= 4 is 23.5 Å². The third-order valence-corrected chi connectivity index (χ3v) is 2.37. The van der Waals surface area contributed by atoms with Crippen LogP contribution in [0.1, 0.15) is 23.3 Å². The van der Waals surface area contributed by atoms with Gasteiger partial charge in [-0.2, -0.15) is 0 Å². The number of carboxylic acid groups (broad SMARTS) is 2. The second-order valence-corrected chi connectivity index (χ2v) is 3.83. The summed E-state index contributed by atoms with van der Waals surface area (Å²) >= 11 is 0. The van der Waals surface area contributed by atoms with Crippen LogP contribution >= 0.6 is 0 Å². The molecular weight excluding hydrogens is 274 g/mol. The fourth-order valence-corrected chi connectivity index (χ4v) is 1.38. The van der Waals surface area contributed by atoms with Gasteiger partial charge in [0.1, 0.15) is 11.7 Å². The largest absolute Gasteiger partial charge is 0.481 e. The Morgan fingerprint density at radius 2 is 2.05 bits per heavy atom. The van der Waals surface area contributed by atoms with Gasteiger partial charge in [0.2, 0.25) is 0 Å². The molecule has 0 saturated carbocycles. The predicted molar refractivity (Wildman–Crippen MR) is 63.2 cm³/mol. The molecule has 1 amide bonds. The van der Waals surface area contributed by atoms with Crippen LogP contribution in [0.25, 0.3) is 0 Å². The van der Waals surface area contributed by atoms with Gasteiger partial charge in [0.25, 0.3) is 11.6 Å². The van der Waals surface area contributed by atoms with E-state index in [0.29, 0.717) is 0 Å². The van der Waals surface area contributed by atoms with E-state index in [9.17, 15) is 24.5 Å². The molecule has 10 nitrogen and oxygen atoms in total. The van der Waals surface area contributed by atoms with Crippen LogP contribution in [0.15, 0.2) is 12.3 Å².